The molecular formula is C13H26N2O. The van der Waals surface area contributed by atoms with E-state index in [4.69, 9.17) is 0 Å². The topological polar surface area (TPSA) is 32.3 Å². The van der Waals surface area contributed by atoms with Gasteiger partial charge in [-0.3, -0.25) is 4.79 Å². The van der Waals surface area contributed by atoms with Gasteiger partial charge in [0.25, 0.3) is 0 Å². The molecule has 0 saturated heterocycles. The summed E-state index contributed by atoms with van der Waals surface area (Å²) >= 11 is 0. The molecule has 1 rings (SSSR count). The van der Waals surface area contributed by atoms with Crippen LogP contribution in [0.1, 0.15) is 46.5 Å². The Morgan fingerprint density at radius 2 is 1.69 bits per heavy atom. The molecule has 0 atom stereocenters. The van der Waals surface area contributed by atoms with Crippen molar-refractivity contribution in [3.8, 4) is 0 Å². The Kier molecular flexibility index (Phi) is 4.36. The van der Waals surface area contributed by atoms with Crippen molar-refractivity contribution < 1.29 is 4.79 Å². The SMILES string of the molecule is CC1CCC(NC(C)(C)C(=O)N(C)C)CC1. The highest BCUT2D eigenvalue weighted by molar-refractivity contribution is 5.85. The molecular weight excluding hydrogens is 200 g/mol. The third kappa shape index (κ3) is 3.48. The van der Waals surface area contributed by atoms with Crippen molar-refractivity contribution in [3.63, 3.8) is 0 Å². The van der Waals surface area contributed by atoms with Gasteiger partial charge in [-0.25, -0.2) is 0 Å². The normalized spacial score (nSPS) is 26.6. The van der Waals surface area contributed by atoms with E-state index in [1.807, 2.05) is 27.9 Å². The van der Waals surface area contributed by atoms with Crippen molar-refractivity contribution in [2.24, 2.45) is 5.92 Å². The summed E-state index contributed by atoms with van der Waals surface area (Å²) in [4.78, 5) is 13.6. The first-order valence-corrected chi connectivity index (χ1v) is 6.32. The third-order valence-electron chi connectivity index (χ3n) is 3.52. The minimum Gasteiger partial charge on any atom is -0.347 e. The van der Waals surface area contributed by atoms with Gasteiger partial charge in [-0.2, -0.15) is 0 Å². The van der Waals surface area contributed by atoms with E-state index in [1.54, 1.807) is 4.90 Å². The predicted octanol–water partition coefficient (Wildman–Crippen LogP) is 2.02. The lowest BCUT2D eigenvalue weighted by Gasteiger charge is -2.35. The molecule has 94 valence electrons. The Bertz CT molecular complexity index is 240. The number of nitrogens with zero attached hydrogens (tertiary/aromatic N) is 1. The molecule has 0 aliphatic heterocycles. The Balaban J connectivity index is 2.49. The van der Waals surface area contributed by atoms with Crippen molar-refractivity contribution in [2.75, 3.05) is 14.1 Å². The summed E-state index contributed by atoms with van der Waals surface area (Å²) in [6, 6.07) is 0.509. The highest BCUT2D eigenvalue weighted by Crippen LogP contribution is 2.25. The van der Waals surface area contributed by atoms with Crippen LogP contribution in [0.5, 0.6) is 0 Å². The Labute approximate surface area is 99.6 Å². The van der Waals surface area contributed by atoms with Gasteiger partial charge in [0.15, 0.2) is 0 Å². The van der Waals surface area contributed by atoms with E-state index in [-0.39, 0.29) is 5.91 Å². The van der Waals surface area contributed by atoms with E-state index >= 15 is 0 Å². The first-order valence-electron chi connectivity index (χ1n) is 6.32. The molecule has 0 aromatic rings. The van der Waals surface area contributed by atoms with E-state index in [1.165, 1.54) is 25.7 Å². The molecule has 0 spiro atoms. The summed E-state index contributed by atoms with van der Waals surface area (Å²) < 4.78 is 0. The number of likely N-dealkylation sites (N-methyl/N-ethyl adjacent to an activating group) is 1. The van der Waals surface area contributed by atoms with Gasteiger partial charge in [0, 0.05) is 20.1 Å². The second-order valence-corrected chi connectivity index (χ2v) is 5.93. The van der Waals surface area contributed by atoms with E-state index in [0.29, 0.717) is 6.04 Å². The minimum absolute atomic E-state index is 0.158. The lowest BCUT2D eigenvalue weighted by atomic mass is 9.86. The van der Waals surface area contributed by atoms with Crippen LogP contribution in [0.3, 0.4) is 0 Å². The monoisotopic (exact) mass is 226 g/mol. The molecule has 0 unspecified atom stereocenters. The molecule has 0 heterocycles. The van der Waals surface area contributed by atoms with Crippen LogP contribution < -0.4 is 5.32 Å². The number of hydrogen-bond donors (Lipinski definition) is 1. The van der Waals surface area contributed by atoms with Crippen LogP contribution in [-0.2, 0) is 4.79 Å². The van der Waals surface area contributed by atoms with Crippen molar-refractivity contribution in [1.29, 1.82) is 0 Å². The van der Waals surface area contributed by atoms with Crippen molar-refractivity contribution >= 4 is 5.91 Å². The van der Waals surface area contributed by atoms with E-state index in [9.17, 15) is 4.79 Å². The highest BCUT2D eigenvalue weighted by Gasteiger charge is 2.32. The number of nitrogens with one attached hydrogen (secondary N) is 1. The average molecular weight is 226 g/mol. The molecule has 0 bridgehead atoms. The van der Waals surface area contributed by atoms with Crippen LogP contribution in [0.15, 0.2) is 0 Å². The first kappa shape index (κ1) is 13.5. The molecule has 3 nitrogen and oxygen atoms in total. The summed E-state index contributed by atoms with van der Waals surface area (Å²) in [7, 11) is 3.63. The molecule has 1 aliphatic rings. The first-order chi connectivity index (χ1) is 7.33. The van der Waals surface area contributed by atoms with Crippen LogP contribution in [-0.4, -0.2) is 36.5 Å². The molecule has 1 saturated carbocycles. The predicted molar refractivity (Wildman–Crippen MR) is 67.3 cm³/mol. The number of hydrogen-bond acceptors (Lipinski definition) is 2. The van der Waals surface area contributed by atoms with Crippen molar-refractivity contribution in [2.45, 2.75) is 58.0 Å². The van der Waals surface area contributed by atoms with Crippen LogP contribution >= 0.6 is 0 Å². The zero-order chi connectivity index (χ0) is 12.3. The zero-order valence-electron chi connectivity index (χ0n) is 11.3. The molecule has 0 aromatic carbocycles. The quantitative estimate of drug-likeness (QED) is 0.798. The molecule has 0 aromatic heterocycles. The Morgan fingerprint density at radius 1 is 1.19 bits per heavy atom. The number of carbonyl (C=O) groups is 1. The smallest absolute Gasteiger partial charge is 0.241 e. The molecule has 1 amide bonds. The van der Waals surface area contributed by atoms with E-state index in [0.717, 1.165) is 5.92 Å². The molecule has 3 heteroatoms. The van der Waals surface area contributed by atoms with Gasteiger partial charge in [0.2, 0.25) is 5.91 Å². The maximum atomic E-state index is 12.0. The van der Waals surface area contributed by atoms with E-state index in [2.05, 4.69) is 12.2 Å². The standard InChI is InChI=1S/C13H26N2O/c1-10-6-8-11(9-7-10)14-13(2,3)12(16)15(4)5/h10-11,14H,6-9H2,1-5H3. The second kappa shape index (κ2) is 5.17. The van der Waals surface area contributed by atoms with Gasteiger partial charge in [0.05, 0.1) is 5.54 Å². The third-order valence-corrected chi connectivity index (χ3v) is 3.52. The summed E-state index contributed by atoms with van der Waals surface area (Å²) in [6.07, 6.45) is 4.96. The van der Waals surface area contributed by atoms with Gasteiger partial charge >= 0.3 is 0 Å². The van der Waals surface area contributed by atoms with Crippen LogP contribution in [0.2, 0.25) is 0 Å². The molecule has 1 fully saturated rings. The summed E-state index contributed by atoms with van der Waals surface area (Å²) in [6.45, 7) is 6.27. The number of rotatable bonds is 3. The average Bonchev–Trinajstić information content (AvgIpc) is 2.20. The number of amides is 1. The van der Waals surface area contributed by atoms with Gasteiger partial charge < -0.3 is 10.2 Å². The molecule has 1 N–H and O–H groups in total. The fourth-order valence-corrected chi connectivity index (χ4v) is 2.54. The fourth-order valence-electron chi connectivity index (χ4n) is 2.54. The second-order valence-electron chi connectivity index (χ2n) is 5.93. The summed E-state index contributed by atoms with van der Waals surface area (Å²) in [5.74, 6) is 1.01. The van der Waals surface area contributed by atoms with Gasteiger partial charge in [-0.1, -0.05) is 6.92 Å². The van der Waals surface area contributed by atoms with Crippen LogP contribution in [0.25, 0.3) is 0 Å². The van der Waals surface area contributed by atoms with Crippen LogP contribution in [0.4, 0.5) is 0 Å². The lowest BCUT2D eigenvalue weighted by Crippen LogP contribution is -2.56. The fraction of sp³-hybridized carbons (Fsp3) is 0.923. The van der Waals surface area contributed by atoms with E-state index < -0.39 is 5.54 Å². The van der Waals surface area contributed by atoms with Gasteiger partial charge in [-0.15, -0.1) is 0 Å². The van der Waals surface area contributed by atoms with Crippen LogP contribution in [0, 0.1) is 5.92 Å². The van der Waals surface area contributed by atoms with Crippen molar-refractivity contribution in [3.05, 3.63) is 0 Å². The molecule has 0 radical (unpaired) electrons. The Hall–Kier alpha value is -0.570. The summed E-state index contributed by atoms with van der Waals surface area (Å²) in [5.41, 5.74) is -0.436. The molecule has 16 heavy (non-hydrogen) atoms. The van der Waals surface area contributed by atoms with Gasteiger partial charge in [0.1, 0.15) is 0 Å². The zero-order valence-corrected chi connectivity index (χ0v) is 11.3. The minimum atomic E-state index is -0.436. The lowest BCUT2D eigenvalue weighted by molar-refractivity contribution is -0.134. The van der Waals surface area contributed by atoms with Crippen molar-refractivity contribution in [1.82, 2.24) is 10.2 Å². The maximum absolute atomic E-state index is 12.0. The highest BCUT2D eigenvalue weighted by atomic mass is 16.2. The largest absolute Gasteiger partial charge is 0.347 e. The van der Waals surface area contributed by atoms with Gasteiger partial charge in [-0.05, 0) is 45.4 Å². The molecule has 1 aliphatic carbocycles. The Morgan fingerprint density at radius 3 is 2.12 bits per heavy atom. The summed E-state index contributed by atoms with van der Waals surface area (Å²) in [5, 5.41) is 3.51. The number of carbonyl (C=O) groups excluding carboxylic acids is 1. The maximum Gasteiger partial charge on any atom is 0.241 e.